The minimum Gasteiger partial charge on any atom is -0.497 e. The molecule has 2 heterocycles. The number of carbonyl (C=O) groups is 2. The molecule has 2 aromatic rings. The summed E-state index contributed by atoms with van der Waals surface area (Å²) in [5.41, 5.74) is 2.89. The van der Waals surface area contributed by atoms with Crippen molar-refractivity contribution < 1.29 is 19.1 Å². The highest BCUT2D eigenvalue weighted by Crippen LogP contribution is 2.39. The monoisotopic (exact) mass is 408 g/mol. The first-order valence-corrected chi connectivity index (χ1v) is 10.5. The van der Waals surface area contributed by atoms with Gasteiger partial charge in [-0.3, -0.25) is 9.59 Å². The number of likely N-dealkylation sites (tertiary alicyclic amines) is 1. The fraction of sp³-hybridized carbons (Fsp3) is 0.417. The van der Waals surface area contributed by atoms with Gasteiger partial charge in [-0.1, -0.05) is 12.1 Å². The largest absolute Gasteiger partial charge is 0.497 e. The second-order valence-electron chi connectivity index (χ2n) is 7.85. The first kappa shape index (κ1) is 20.3. The summed E-state index contributed by atoms with van der Waals surface area (Å²) in [4.78, 5) is 28.8. The average Bonchev–Trinajstić information content (AvgIpc) is 3.43. The van der Waals surface area contributed by atoms with Crippen molar-refractivity contribution in [3.8, 4) is 11.5 Å². The van der Waals surface area contributed by atoms with Gasteiger partial charge < -0.3 is 19.3 Å². The summed E-state index contributed by atoms with van der Waals surface area (Å²) in [6.07, 6.45) is 3.77. The number of benzene rings is 2. The number of nitrogens with zero attached hydrogens (tertiary/aromatic N) is 2. The fourth-order valence-corrected chi connectivity index (χ4v) is 4.47. The Morgan fingerprint density at radius 1 is 1.03 bits per heavy atom. The van der Waals surface area contributed by atoms with Crippen LogP contribution in [-0.2, 0) is 16.0 Å². The molecule has 0 radical (unpaired) electrons. The molecule has 0 aromatic heterocycles. The van der Waals surface area contributed by atoms with Crippen LogP contribution in [0.1, 0.15) is 42.9 Å². The number of amides is 2. The van der Waals surface area contributed by atoms with Gasteiger partial charge in [-0.2, -0.15) is 0 Å². The van der Waals surface area contributed by atoms with Crippen LogP contribution in [0.5, 0.6) is 11.5 Å². The van der Waals surface area contributed by atoms with E-state index in [0.717, 1.165) is 60.7 Å². The van der Waals surface area contributed by atoms with Gasteiger partial charge in [0.25, 0.3) is 0 Å². The first-order chi connectivity index (χ1) is 14.6. The molecule has 2 saturated heterocycles. The van der Waals surface area contributed by atoms with E-state index in [1.54, 1.807) is 14.2 Å². The Hall–Kier alpha value is -3.02. The van der Waals surface area contributed by atoms with Crippen molar-refractivity contribution in [3.63, 3.8) is 0 Å². The highest BCUT2D eigenvalue weighted by atomic mass is 16.5. The second-order valence-corrected chi connectivity index (χ2v) is 7.85. The van der Waals surface area contributed by atoms with Crippen molar-refractivity contribution in [2.24, 2.45) is 0 Å². The highest BCUT2D eigenvalue weighted by Gasteiger charge is 2.32. The van der Waals surface area contributed by atoms with Crippen LogP contribution in [0.2, 0.25) is 0 Å². The first-order valence-electron chi connectivity index (χ1n) is 10.5. The lowest BCUT2D eigenvalue weighted by molar-refractivity contribution is -0.131. The normalized spacial score (nSPS) is 18.7. The summed E-state index contributed by atoms with van der Waals surface area (Å²) < 4.78 is 10.9. The molecule has 30 heavy (non-hydrogen) atoms. The van der Waals surface area contributed by atoms with Gasteiger partial charge in [0.1, 0.15) is 11.5 Å². The molecule has 4 rings (SSSR count). The molecule has 0 spiro atoms. The second kappa shape index (κ2) is 8.78. The lowest BCUT2D eigenvalue weighted by atomic mass is 10.0. The SMILES string of the molecule is COc1ccc(C2CCCN2C(=O)Cc2ccc(N3CCCC3=O)cc2)c(OC)c1. The molecule has 2 amide bonds. The zero-order chi connectivity index (χ0) is 21.1. The van der Waals surface area contributed by atoms with E-state index in [0.29, 0.717) is 12.8 Å². The predicted molar refractivity (Wildman–Crippen MR) is 115 cm³/mol. The summed E-state index contributed by atoms with van der Waals surface area (Å²) in [5.74, 6) is 1.77. The van der Waals surface area contributed by atoms with Crippen molar-refractivity contribution in [3.05, 3.63) is 53.6 Å². The molecule has 0 N–H and O–H groups in total. The van der Waals surface area contributed by atoms with Crippen molar-refractivity contribution in [2.75, 3.05) is 32.2 Å². The van der Waals surface area contributed by atoms with E-state index in [9.17, 15) is 9.59 Å². The third-order valence-corrected chi connectivity index (χ3v) is 6.05. The van der Waals surface area contributed by atoms with Crippen molar-refractivity contribution >= 4 is 17.5 Å². The standard InChI is InChI=1S/C24H28N2O4/c1-29-19-11-12-20(22(16-19)30-2)21-5-3-14-26(21)24(28)15-17-7-9-18(10-8-17)25-13-4-6-23(25)27/h7-12,16,21H,3-6,13-15H2,1-2H3. The number of anilines is 1. The van der Waals surface area contributed by atoms with Crippen LogP contribution in [-0.4, -0.2) is 44.0 Å². The van der Waals surface area contributed by atoms with Gasteiger partial charge in [0, 0.05) is 36.8 Å². The number of carbonyl (C=O) groups excluding carboxylic acids is 2. The summed E-state index contributed by atoms with van der Waals surface area (Å²) in [6, 6.07) is 13.6. The molecule has 2 aromatic carbocycles. The van der Waals surface area contributed by atoms with Crippen LogP contribution in [0, 0.1) is 0 Å². The van der Waals surface area contributed by atoms with Crippen molar-refractivity contribution in [1.82, 2.24) is 4.90 Å². The van der Waals surface area contributed by atoms with E-state index in [4.69, 9.17) is 9.47 Å². The Labute approximate surface area is 177 Å². The van der Waals surface area contributed by atoms with E-state index in [1.807, 2.05) is 52.3 Å². The lowest BCUT2D eigenvalue weighted by Crippen LogP contribution is -2.32. The van der Waals surface area contributed by atoms with Gasteiger partial charge in [-0.05, 0) is 49.1 Å². The van der Waals surface area contributed by atoms with E-state index < -0.39 is 0 Å². The quantitative estimate of drug-likeness (QED) is 0.731. The molecule has 2 fully saturated rings. The van der Waals surface area contributed by atoms with Gasteiger partial charge in [-0.15, -0.1) is 0 Å². The van der Waals surface area contributed by atoms with Crippen LogP contribution < -0.4 is 14.4 Å². The minimum absolute atomic E-state index is 0.0138. The van der Waals surface area contributed by atoms with Crippen molar-refractivity contribution in [1.29, 1.82) is 0 Å². The highest BCUT2D eigenvalue weighted by molar-refractivity contribution is 5.95. The van der Waals surface area contributed by atoms with Gasteiger partial charge in [0.15, 0.2) is 0 Å². The Morgan fingerprint density at radius 3 is 2.50 bits per heavy atom. The van der Waals surface area contributed by atoms with Gasteiger partial charge >= 0.3 is 0 Å². The van der Waals surface area contributed by atoms with Crippen molar-refractivity contribution in [2.45, 2.75) is 38.1 Å². The van der Waals surface area contributed by atoms with E-state index >= 15 is 0 Å². The van der Waals surface area contributed by atoms with Crippen LogP contribution in [0.3, 0.4) is 0 Å². The number of methoxy groups -OCH3 is 2. The molecule has 2 aliphatic rings. The minimum atomic E-state index is 0.0138. The number of hydrogen-bond donors (Lipinski definition) is 0. The predicted octanol–water partition coefficient (Wildman–Crippen LogP) is 3.74. The summed E-state index contributed by atoms with van der Waals surface area (Å²) in [7, 11) is 3.27. The molecule has 0 bridgehead atoms. The maximum absolute atomic E-state index is 13.1. The third kappa shape index (κ3) is 3.99. The topological polar surface area (TPSA) is 59.1 Å². The van der Waals surface area contributed by atoms with E-state index in [1.165, 1.54) is 0 Å². The van der Waals surface area contributed by atoms with Gasteiger partial charge in [-0.25, -0.2) is 0 Å². The summed E-state index contributed by atoms with van der Waals surface area (Å²) >= 11 is 0. The fourth-order valence-electron chi connectivity index (χ4n) is 4.47. The lowest BCUT2D eigenvalue weighted by Gasteiger charge is -2.27. The molecule has 1 atom stereocenters. The molecule has 0 saturated carbocycles. The number of hydrogen-bond acceptors (Lipinski definition) is 4. The zero-order valence-corrected chi connectivity index (χ0v) is 17.6. The summed E-state index contributed by atoms with van der Waals surface area (Å²) in [5, 5.41) is 0. The molecule has 0 aliphatic carbocycles. The van der Waals surface area contributed by atoms with Crippen LogP contribution >= 0.6 is 0 Å². The third-order valence-electron chi connectivity index (χ3n) is 6.05. The summed E-state index contributed by atoms with van der Waals surface area (Å²) in [6.45, 7) is 1.52. The molecule has 2 aliphatic heterocycles. The Bertz CT molecular complexity index is 925. The number of ether oxygens (including phenoxy) is 2. The van der Waals surface area contributed by atoms with E-state index in [2.05, 4.69) is 0 Å². The maximum atomic E-state index is 13.1. The Morgan fingerprint density at radius 2 is 1.83 bits per heavy atom. The van der Waals surface area contributed by atoms with Crippen LogP contribution in [0.25, 0.3) is 0 Å². The molecular formula is C24H28N2O4. The zero-order valence-electron chi connectivity index (χ0n) is 17.6. The van der Waals surface area contributed by atoms with Crippen LogP contribution in [0.15, 0.2) is 42.5 Å². The van der Waals surface area contributed by atoms with Crippen LogP contribution in [0.4, 0.5) is 5.69 Å². The van der Waals surface area contributed by atoms with Gasteiger partial charge in [0.2, 0.25) is 11.8 Å². The maximum Gasteiger partial charge on any atom is 0.227 e. The molecule has 158 valence electrons. The Balaban J connectivity index is 1.47. The van der Waals surface area contributed by atoms with E-state index in [-0.39, 0.29) is 17.9 Å². The molecular weight excluding hydrogens is 380 g/mol. The number of rotatable bonds is 6. The smallest absolute Gasteiger partial charge is 0.227 e. The molecule has 6 nitrogen and oxygen atoms in total. The van der Waals surface area contributed by atoms with Gasteiger partial charge in [0.05, 0.1) is 26.7 Å². The molecule has 1 unspecified atom stereocenters. The molecule has 6 heteroatoms. The Kier molecular flexibility index (Phi) is 5.93. The average molecular weight is 408 g/mol.